The van der Waals surface area contributed by atoms with E-state index in [1.165, 1.54) is 0 Å². The summed E-state index contributed by atoms with van der Waals surface area (Å²) < 4.78 is 16.0. The minimum absolute atomic E-state index is 0.198. The molecule has 1 aromatic heterocycles. The summed E-state index contributed by atoms with van der Waals surface area (Å²) in [5.41, 5.74) is 6.43. The maximum absolute atomic E-state index is 5.51. The topological polar surface area (TPSA) is 128 Å². The van der Waals surface area contributed by atoms with Gasteiger partial charge < -0.3 is 35.9 Å². The number of rotatable bonds is 15. The highest BCUT2D eigenvalue weighted by molar-refractivity contribution is 5.43. The monoisotopic (exact) mass is 419 g/mol. The SMILES string of the molecule is COc1cccc(CNc2nc(NCCOCCOCCN)nc(NC(C)C)n2)c1. The third-order valence-electron chi connectivity index (χ3n) is 3.80. The van der Waals surface area contributed by atoms with E-state index in [1.54, 1.807) is 7.11 Å². The van der Waals surface area contributed by atoms with Crippen molar-refractivity contribution in [2.24, 2.45) is 5.73 Å². The lowest BCUT2D eigenvalue weighted by atomic mass is 10.2. The van der Waals surface area contributed by atoms with Crippen molar-refractivity contribution in [3.05, 3.63) is 29.8 Å². The van der Waals surface area contributed by atoms with E-state index in [1.807, 2.05) is 38.1 Å². The molecular weight excluding hydrogens is 386 g/mol. The molecule has 0 unspecified atom stereocenters. The molecule has 2 rings (SSSR count). The summed E-state index contributed by atoms with van der Waals surface area (Å²) in [6, 6.07) is 8.03. The molecule has 1 aromatic carbocycles. The molecular formula is C20H33N7O3. The lowest BCUT2D eigenvalue weighted by molar-refractivity contribution is 0.0547. The highest BCUT2D eigenvalue weighted by Crippen LogP contribution is 2.15. The molecule has 0 radical (unpaired) electrons. The summed E-state index contributed by atoms with van der Waals surface area (Å²) in [7, 11) is 1.65. The number of hydrogen-bond acceptors (Lipinski definition) is 10. The zero-order valence-corrected chi connectivity index (χ0v) is 18.0. The van der Waals surface area contributed by atoms with E-state index in [0.717, 1.165) is 11.3 Å². The molecule has 0 bridgehead atoms. The van der Waals surface area contributed by atoms with E-state index in [2.05, 4.69) is 30.9 Å². The summed E-state index contributed by atoms with van der Waals surface area (Å²) >= 11 is 0. The first-order chi connectivity index (χ1) is 14.6. The van der Waals surface area contributed by atoms with Crippen molar-refractivity contribution in [3.8, 4) is 5.75 Å². The number of hydrogen-bond donors (Lipinski definition) is 4. The number of benzene rings is 1. The van der Waals surface area contributed by atoms with E-state index >= 15 is 0 Å². The lowest BCUT2D eigenvalue weighted by Crippen LogP contribution is -2.18. The van der Waals surface area contributed by atoms with Crippen LogP contribution in [0.2, 0.25) is 0 Å². The molecule has 0 saturated heterocycles. The molecule has 0 atom stereocenters. The number of nitrogens with two attached hydrogens (primary N) is 1. The van der Waals surface area contributed by atoms with Crippen molar-refractivity contribution in [2.75, 3.05) is 62.6 Å². The fourth-order valence-electron chi connectivity index (χ4n) is 2.46. The van der Waals surface area contributed by atoms with Crippen molar-refractivity contribution in [1.29, 1.82) is 0 Å². The van der Waals surface area contributed by atoms with Gasteiger partial charge in [0.05, 0.1) is 33.5 Å². The predicted molar refractivity (Wildman–Crippen MR) is 118 cm³/mol. The highest BCUT2D eigenvalue weighted by atomic mass is 16.5. The van der Waals surface area contributed by atoms with Crippen molar-refractivity contribution in [2.45, 2.75) is 26.4 Å². The average Bonchev–Trinajstić information content (AvgIpc) is 2.74. The standard InChI is InChI=1S/C20H33N7O3/c1-15(2)24-20-26-18(22-8-10-30-12-11-29-9-7-21)25-19(27-20)23-14-16-5-4-6-17(13-16)28-3/h4-6,13,15H,7-12,14,21H2,1-3H3,(H3,22,23,24,25,26,27). The van der Waals surface area contributed by atoms with Gasteiger partial charge in [-0.2, -0.15) is 15.0 Å². The van der Waals surface area contributed by atoms with Crippen molar-refractivity contribution in [3.63, 3.8) is 0 Å². The zero-order valence-electron chi connectivity index (χ0n) is 18.0. The van der Waals surface area contributed by atoms with Gasteiger partial charge in [0, 0.05) is 25.7 Å². The molecule has 0 fully saturated rings. The second-order valence-corrected chi connectivity index (χ2v) is 6.75. The third kappa shape index (κ3) is 9.21. The van der Waals surface area contributed by atoms with Crippen LogP contribution in [0.15, 0.2) is 24.3 Å². The molecule has 2 aromatic rings. The summed E-state index contributed by atoms with van der Waals surface area (Å²) in [5, 5.41) is 9.62. The quantitative estimate of drug-likeness (QED) is 0.317. The van der Waals surface area contributed by atoms with E-state index < -0.39 is 0 Å². The Hall–Kier alpha value is -2.69. The predicted octanol–water partition coefficient (Wildman–Crippen LogP) is 1.72. The molecule has 0 aliphatic carbocycles. The first-order valence-electron chi connectivity index (χ1n) is 10.1. The summed E-state index contributed by atoms with van der Waals surface area (Å²) in [6.07, 6.45) is 0. The molecule has 0 saturated carbocycles. The van der Waals surface area contributed by atoms with Crippen LogP contribution in [0.4, 0.5) is 17.8 Å². The van der Waals surface area contributed by atoms with Crippen LogP contribution in [0.25, 0.3) is 0 Å². The molecule has 0 spiro atoms. The molecule has 0 aliphatic rings. The summed E-state index contributed by atoms with van der Waals surface area (Å²) in [5.74, 6) is 2.27. The van der Waals surface area contributed by atoms with Crippen LogP contribution in [-0.4, -0.2) is 67.6 Å². The average molecular weight is 420 g/mol. The normalized spacial score (nSPS) is 10.8. The van der Waals surface area contributed by atoms with Crippen molar-refractivity contribution in [1.82, 2.24) is 15.0 Å². The first-order valence-corrected chi connectivity index (χ1v) is 10.1. The zero-order chi connectivity index (χ0) is 21.6. The van der Waals surface area contributed by atoms with Crippen LogP contribution >= 0.6 is 0 Å². The molecule has 0 amide bonds. The molecule has 5 N–H and O–H groups in total. The Kier molecular flexibility index (Phi) is 10.6. The minimum Gasteiger partial charge on any atom is -0.497 e. The highest BCUT2D eigenvalue weighted by Gasteiger charge is 2.08. The maximum atomic E-state index is 5.51. The number of anilines is 3. The van der Waals surface area contributed by atoms with Crippen LogP contribution in [-0.2, 0) is 16.0 Å². The summed E-state index contributed by atoms with van der Waals surface area (Å²) in [4.78, 5) is 13.3. The number of nitrogens with one attached hydrogen (secondary N) is 3. The molecule has 0 aliphatic heterocycles. The number of aromatic nitrogens is 3. The van der Waals surface area contributed by atoms with Gasteiger partial charge in [0.2, 0.25) is 17.8 Å². The molecule has 1 heterocycles. The van der Waals surface area contributed by atoms with E-state index in [9.17, 15) is 0 Å². The van der Waals surface area contributed by atoms with Crippen LogP contribution in [0.3, 0.4) is 0 Å². The molecule has 30 heavy (non-hydrogen) atoms. The molecule has 166 valence electrons. The smallest absolute Gasteiger partial charge is 0.229 e. The first kappa shape index (κ1) is 23.6. The van der Waals surface area contributed by atoms with Crippen LogP contribution in [0.1, 0.15) is 19.4 Å². The van der Waals surface area contributed by atoms with Crippen LogP contribution in [0.5, 0.6) is 5.75 Å². The van der Waals surface area contributed by atoms with E-state index in [-0.39, 0.29) is 6.04 Å². The fourth-order valence-corrected chi connectivity index (χ4v) is 2.46. The second kappa shape index (κ2) is 13.5. The van der Waals surface area contributed by atoms with Gasteiger partial charge in [-0.1, -0.05) is 12.1 Å². The second-order valence-electron chi connectivity index (χ2n) is 6.75. The fraction of sp³-hybridized carbons (Fsp3) is 0.550. The van der Waals surface area contributed by atoms with E-state index in [0.29, 0.717) is 63.9 Å². The maximum Gasteiger partial charge on any atom is 0.229 e. The van der Waals surface area contributed by atoms with Gasteiger partial charge in [0.1, 0.15) is 5.75 Å². The Bertz CT molecular complexity index is 746. The van der Waals surface area contributed by atoms with Gasteiger partial charge in [0.25, 0.3) is 0 Å². The van der Waals surface area contributed by atoms with Gasteiger partial charge in [-0.05, 0) is 31.5 Å². The van der Waals surface area contributed by atoms with Gasteiger partial charge in [-0.25, -0.2) is 0 Å². The van der Waals surface area contributed by atoms with Crippen LogP contribution < -0.4 is 26.4 Å². The molecule has 10 nitrogen and oxygen atoms in total. The van der Waals surface area contributed by atoms with Crippen molar-refractivity contribution >= 4 is 17.8 Å². The lowest BCUT2D eigenvalue weighted by Gasteiger charge is -2.13. The number of ether oxygens (including phenoxy) is 3. The van der Waals surface area contributed by atoms with Gasteiger partial charge >= 0.3 is 0 Å². The Balaban J connectivity index is 1.90. The number of methoxy groups -OCH3 is 1. The minimum atomic E-state index is 0.198. The Morgan fingerprint density at radius 3 is 2.33 bits per heavy atom. The summed E-state index contributed by atoms with van der Waals surface area (Å²) in [6.45, 7) is 7.81. The van der Waals surface area contributed by atoms with Crippen LogP contribution in [0, 0.1) is 0 Å². The Labute approximate surface area is 177 Å². The molecule has 10 heteroatoms. The Morgan fingerprint density at radius 2 is 1.63 bits per heavy atom. The van der Waals surface area contributed by atoms with Gasteiger partial charge in [-0.15, -0.1) is 0 Å². The van der Waals surface area contributed by atoms with Gasteiger partial charge in [0.15, 0.2) is 0 Å². The largest absolute Gasteiger partial charge is 0.497 e. The third-order valence-corrected chi connectivity index (χ3v) is 3.80. The van der Waals surface area contributed by atoms with Crippen molar-refractivity contribution < 1.29 is 14.2 Å². The Morgan fingerprint density at radius 1 is 0.933 bits per heavy atom. The van der Waals surface area contributed by atoms with Gasteiger partial charge in [-0.3, -0.25) is 0 Å². The number of nitrogens with zero attached hydrogens (tertiary/aromatic N) is 3. The van der Waals surface area contributed by atoms with E-state index in [4.69, 9.17) is 19.9 Å².